The van der Waals surface area contributed by atoms with Crippen LogP contribution in [0, 0.1) is 6.92 Å². The maximum Gasteiger partial charge on any atom is 0.109 e. The van der Waals surface area contributed by atoms with Crippen molar-refractivity contribution < 1.29 is 5.11 Å². The van der Waals surface area contributed by atoms with E-state index in [0.717, 1.165) is 0 Å². The molecule has 4 heavy (non-hydrogen) atoms. The van der Waals surface area contributed by atoms with Crippen LogP contribution in [0.15, 0.2) is 0 Å². The highest BCUT2D eigenvalue weighted by molar-refractivity contribution is 9.09. The average molecular weight is 124 g/mol. The molecule has 1 N–H and O–H groups in total. The van der Waals surface area contributed by atoms with E-state index < -0.39 is 5.01 Å². The minimum absolute atomic E-state index is 0.604. The van der Waals surface area contributed by atoms with Gasteiger partial charge in [-0.25, -0.2) is 0 Å². The number of hydrogen-bond acceptors (Lipinski definition) is 1. The topological polar surface area (TPSA) is 20.2 Å². The van der Waals surface area contributed by atoms with Gasteiger partial charge in [0.05, 0.1) is 0 Å². The van der Waals surface area contributed by atoms with Crippen LogP contribution >= 0.6 is 15.9 Å². The maximum atomic E-state index is 7.86. The molecule has 0 rings (SSSR count). The predicted octanol–water partition coefficient (Wildman–Crippen LogP) is 0.534. The fraction of sp³-hybridized carbons (Fsp3) is 0.500. The summed E-state index contributed by atoms with van der Waals surface area (Å²) >= 11 is 2.72. The summed E-state index contributed by atoms with van der Waals surface area (Å²) in [5.74, 6) is 0. The Kier molecular flexibility index (Phi) is 1.92. The van der Waals surface area contributed by atoms with Crippen molar-refractivity contribution in [3.05, 3.63) is 6.92 Å². The zero-order valence-electron chi connectivity index (χ0n) is 2.11. The van der Waals surface area contributed by atoms with Gasteiger partial charge in [-0.2, -0.15) is 0 Å². The van der Waals surface area contributed by atoms with Crippen molar-refractivity contribution in [2.75, 3.05) is 0 Å². The third-order valence-corrected chi connectivity index (χ3v) is 0. The fourth-order valence-electron chi connectivity index (χ4n) is 0. The van der Waals surface area contributed by atoms with Gasteiger partial charge in [0.2, 0.25) is 0 Å². The van der Waals surface area contributed by atoms with Crippen molar-refractivity contribution in [3.8, 4) is 0 Å². The van der Waals surface area contributed by atoms with Crippen molar-refractivity contribution in [2.45, 2.75) is 5.01 Å². The molecule has 25 valence electrons. The number of aliphatic hydroxyl groups excluding tert-OH is 1. The highest BCUT2D eigenvalue weighted by atomic mass is 79.9. The van der Waals surface area contributed by atoms with Crippen LogP contribution < -0.4 is 0 Å². The Morgan fingerprint density at radius 2 is 2.00 bits per heavy atom. The van der Waals surface area contributed by atoms with E-state index in [0.29, 0.717) is 0 Å². The molecule has 0 aliphatic rings. The van der Waals surface area contributed by atoms with E-state index in [2.05, 4.69) is 22.9 Å². The van der Waals surface area contributed by atoms with Crippen LogP contribution in [0.4, 0.5) is 0 Å². The van der Waals surface area contributed by atoms with E-state index in [4.69, 9.17) is 5.11 Å². The van der Waals surface area contributed by atoms with E-state index in [9.17, 15) is 0 Å². The monoisotopic (exact) mass is 123 g/mol. The minimum Gasteiger partial charge on any atom is -0.382 e. The molecular weight excluding hydrogens is 120 g/mol. The fourth-order valence-corrected chi connectivity index (χ4v) is 0. The van der Waals surface area contributed by atoms with E-state index in [1.165, 1.54) is 0 Å². The van der Waals surface area contributed by atoms with Gasteiger partial charge in [-0.3, -0.25) is 0 Å². The summed E-state index contributed by atoms with van der Waals surface area (Å²) in [4.78, 5) is 0. The molecule has 2 heteroatoms. The summed E-state index contributed by atoms with van der Waals surface area (Å²) in [6, 6.07) is 0. The second kappa shape index (κ2) is 1.73. The summed E-state index contributed by atoms with van der Waals surface area (Å²) in [7, 11) is 0. The second-order valence-corrected chi connectivity index (χ2v) is 1.49. The van der Waals surface area contributed by atoms with Gasteiger partial charge in [0.15, 0.2) is 0 Å². The first-order valence-electron chi connectivity index (χ1n) is 0.885. The van der Waals surface area contributed by atoms with Gasteiger partial charge in [0, 0.05) is 0 Å². The van der Waals surface area contributed by atoms with E-state index in [-0.39, 0.29) is 0 Å². The van der Waals surface area contributed by atoms with Crippen LogP contribution in [-0.2, 0) is 0 Å². The Balaban J connectivity index is 2.32. The summed E-state index contributed by atoms with van der Waals surface area (Å²) < 4.78 is 0. The second-order valence-electron chi connectivity index (χ2n) is 0.434. The summed E-state index contributed by atoms with van der Waals surface area (Å²) in [6.07, 6.45) is 0. The van der Waals surface area contributed by atoms with Crippen molar-refractivity contribution in [1.82, 2.24) is 0 Å². The minimum atomic E-state index is -0.604. The number of aliphatic hydroxyl groups is 1. The quantitative estimate of drug-likeness (QED) is 0.467. The number of halogens is 1. The molecule has 1 radical (unpaired) electrons. The third-order valence-electron chi connectivity index (χ3n) is 0. The summed E-state index contributed by atoms with van der Waals surface area (Å²) in [5.41, 5.74) is 0. The normalized spacial score (nSPS) is 15.8. The smallest absolute Gasteiger partial charge is 0.109 e. The number of hydrogen-bond donors (Lipinski definition) is 1. The molecule has 0 aliphatic heterocycles. The Hall–Kier alpha value is 0.440. The Morgan fingerprint density at radius 3 is 2.00 bits per heavy atom. The molecule has 1 unspecified atom stereocenters. The Morgan fingerprint density at radius 1 is 2.00 bits per heavy atom. The molecule has 0 aromatic rings. The molecular formula is C2H4BrO. The molecule has 1 atom stereocenters. The maximum absolute atomic E-state index is 7.86. The molecule has 0 heterocycles. The third kappa shape index (κ3) is 26.1. The SMILES string of the molecule is [CH2]C(O)Br. The number of rotatable bonds is 0. The molecule has 0 amide bonds. The molecule has 0 aromatic carbocycles. The molecule has 0 aliphatic carbocycles. The van der Waals surface area contributed by atoms with Gasteiger partial charge in [0.1, 0.15) is 5.01 Å². The van der Waals surface area contributed by atoms with Gasteiger partial charge in [-0.05, 0) is 6.92 Å². The average Bonchev–Trinajstić information content (AvgIpc) is 0.811. The predicted molar refractivity (Wildman–Crippen MR) is 20.3 cm³/mol. The van der Waals surface area contributed by atoms with Gasteiger partial charge in [-0.15, -0.1) is 0 Å². The van der Waals surface area contributed by atoms with Crippen LogP contribution in [0.25, 0.3) is 0 Å². The van der Waals surface area contributed by atoms with E-state index >= 15 is 0 Å². The van der Waals surface area contributed by atoms with Crippen molar-refractivity contribution in [2.24, 2.45) is 0 Å². The molecule has 0 spiro atoms. The van der Waals surface area contributed by atoms with Gasteiger partial charge in [-0.1, -0.05) is 15.9 Å². The van der Waals surface area contributed by atoms with Crippen LogP contribution in [0.3, 0.4) is 0 Å². The zero-order chi connectivity index (χ0) is 3.58. The lowest BCUT2D eigenvalue weighted by molar-refractivity contribution is 0.314. The largest absolute Gasteiger partial charge is 0.382 e. The molecule has 0 bridgehead atoms. The van der Waals surface area contributed by atoms with Crippen LogP contribution in [0.1, 0.15) is 0 Å². The van der Waals surface area contributed by atoms with Crippen molar-refractivity contribution in [1.29, 1.82) is 0 Å². The molecule has 0 saturated carbocycles. The summed E-state index contributed by atoms with van der Waals surface area (Å²) in [6.45, 7) is 3.11. The van der Waals surface area contributed by atoms with Crippen molar-refractivity contribution in [3.63, 3.8) is 0 Å². The molecule has 0 fully saturated rings. The first-order valence-corrected chi connectivity index (χ1v) is 1.80. The lowest BCUT2D eigenvalue weighted by Gasteiger charge is -1.77. The first-order chi connectivity index (χ1) is 1.73. The first kappa shape index (κ1) is 4.44. The Bertz CT molecular complexity index is 10.8. The lowest BCUT2D eigenvalue weighted by atomic mass is 10.9. The Labute approximate surface area is 33.8 Å². The highest BCUT2D eigenvalue weighted by Crippen LogP contribution is 1.84. The number of alkyl halides is 1. The lowest BCUT2D eigenvalue weighted by Crippen LogP contribution is -1.79. The molecule has 0 aromatic heterocycles. The van der Waals surface area contributed by atoms with E-state index in [1.54, 1.807) is 0 Å². The van der Waals surface area contributed by atoms with Gasteiger partial charge < -0.3 is 5.11 Å². The molecule has 1 nitrogen and oxygen atoms in total. The van der Waals surface area contributed by atoms with E-state index in [1.807, 2.05) is 0 Å². The molecule has 0 saturated heterocycles. The van der Waals surface area contributed by atoms with Crippen molar-refractivity contribution >= 4 is 15.9 Å². The van der Waals surface area contributed by atoms with Crippen LogP contribution in [0.2, 0.25) is 0 Å². The standard InChI is InChI=1S/C2H4BrO/c1-2(3)4/h2,4H,1H2. The van der Waals surface area contributed by atoms with Crippen LogP contribution in [-0.4, -0.2) is 10.1 Å². The zero-order valence-corrected chi connectivity index (χ0v) is 3.70. The van der Waals surface area contributed by atoms with Crippen LogP contribution in [0.5, 0.6) is 0 Å². The van der Waals surface area contributed by atoms with Gasteiger partial charge in [0.25, 0.3) is 0 Å². The highest BCUT2D eigenvalue weighted by Gasteiger charge is 1.72. The summed E-state index contributed by atoms with van der Waals surface area (Å²) in [5, 5.41) is 7.26. The van der Waals surface area contributed by atoms with Gasteiger partial charge >= 0.3 is 0 Å².